The molecule has 152 valence electrons. The average molecular weight is 415 g/mol. The molecule has 0 aliphatic heterocycles. The summed E-state index contributed by atoms with van der Waals surface area (Å²) in [4.78, 5) is 11.6. The van der Waals surface area contributed by atoms with Crippen LogP contribution in [0.3, 0.4) is 0 Å². The van der Waals surface area contributed by atoms with E-state index in [4.69, 9.17) is 26.8 Å². The molecule has 29 heavy (non-hydrogen) atoms. The highest BCUT2D eigenvalue weighted by Crippen LogP contribution is 2.34. The first-order chi connectivity index (χ1) is 13.8. The van der Waals surface area contributed by atoms with E-state index in [2.05, 4.69) is 29.3 Å². The van der Waals surface area contributed by atoms with Gasteiger partial charge in [0.15, 0.2) is 5.69 Å². The van der Waals surface area contributed by atoms with Crippen molar-refractivity contribution in [3.63, 3.8) is 0 Å². The van der Waals surface area contributed by atoms with Crippen LogP contribution in [-0.2, 0) is 6.61 Å². The monoisotopic (exact) mass is 414 g/mol. The first kappa shape index (κ1) is 20.7. The van der Waals surface area contributed by atoms with Crippen LogP contribution in [0.5, 0.6) is 11.5 Å². The van der Waals surface area contributed by atoms with E-state index >= 15 is 0 Å². The van der Waals surface area contributed by atoms with Gasteiger partial charge in [-0.15, -0.1) is 0 Å². The molecule has 0 aliphatic rings. The third kappa shape index (κ3) is 4.35. The summed E-state index contributed by atoms with van der Waals surface area (Å²) in [5.74, 6) is 1.04. The third-order valence-electron chi connectivity index (χ3n) is 4.63. The van der Waals surface area contributed by atoms with Gasteiger partial charge in [0.25, 0.3) is 5.91 Å². The molecule has 0 unspecified atom stereocenters. The lowest BCUT2D eigenvalue weighted by Gasteiger charge is -2.17. The lowest BCUT2D eigenvalue weighted by atomic mass is 10.0. The Labute approximate surface area is 174 Å². The molecule has 1 amide bonds. The molecule has 8 heteroatoms. The number of benzene rings is 2. The predicted molar refractivity (Wildman–Crippen MR) is 111 cm³/mol. The molecule has 0 atom stereocenters. The number of nitrogens with one attached hydrogen (secondary N) is 1. The van der Waals surface area contributed by atoms with Gasteiger partial charge in [0.1, 0.15) is 23.8 Å². The fourth-order valence-corrected chi connectivity index (χ4v) is 3.22. The zero-order valence-corrected chi connectivity index (χ0v) is 17.5. The van der Waals surface area contributed by atoms with E-state index in [0.717, 1.165) is 22.4 Å². The van der Waals surface area contributed by atoms with Crippen LogP contribution in [0.4, 0.5) is 0 Å². The summed E-state index contributed by atoms with van der Waals surface area (Å²) < 4.78 is 11.6. The smallest absolute Gasteiger partial charge is 0.271 e. The van der Waals surface area contributed by atoms with Crippen molar-refractivity contribution in [3.8, 4) is 22.8 Å². The van der Waals surface area contributed by atoms with Crippen LogP contribution in [0.2, 0.25) is 5.02 Å². The number of ether oxygens (including phenoxy) is 2. The standard InChI is InChI=1S/C21H23ClN4O3/c1-11(2)15-9-16(22)12(3)7-18(15)29-10-14-8-13(5-6-17(14)28-4)19-20(21(23)27)25-26-24-19/h5-9,11H,10H2,1-4H3,(H2,23,27)(H,24,25,26). The second kappa shape index (κ2) is 8.53. The number of halogens is 1. The number of H-pyrrole nitrogens is 1. The molecule has 7 nitrogen and oxygen atoms in total. The summed E-state index contributed by atoms with van der Waals surface area (Å²) in [5, 5.41) is 11.0. The van der Waals surface area contributed by atoms with Gasteiger partial charge in [-0.05, 0) is 54.3 Å². The lowest BCUT2D eigenvalue weighted by Crippen LogP contribution is -2.12. The van der Waals surface area contributed by atoms with Crippen LogP contribution in [0, 0.1) is 6.92 Å². The molecule has 3 N–H and O–H groups in total. The summed E-state index contributed by atoms with van der Waals surface area (Å²) in [6.07, 6.45) is 0. The minimum Gasteiger partial charge on any atom is -0.496 e. The Morgan fingerprint density at radius 1 is 1.21 bits per heavy atom. The molecular weight excluding hydrogens is 392 g/mol. The fraction of sp³-hybridized carbons (Fsp3) is 0.286. The van der Waals surface area contributed by atoms with Crippen molar-refractivity contribution in [1.82, 2.24) is 15.4 Å². The molecule has 0 radical (unpaired) electrons. The number of hydrogen-bond donors (Lipinski definition) is 2. The lowest BCUT2D eigenvalue weighted by molar-refractivity contribution is 0.0996. The van der Waals surface area contributed by atoms with Crippen molar-refractivity contribution in [2.75, 3.05) is 7.11 Å². The molecule has 0 spiro atoms. The van der Waals surface area contributed by atoms with Gasteiger partial charge in [0.05, 0.1) is 7.11 Å². The fourth-order valence-electron chi connectivity index (χ4n) is 3.04. The molecular formula is C21H23ClN4O3. The van der Waals surface area contributed by atoms with Crippen molar-refractivity contribution >= 4 is 17.5 Å². The number of rotatable bonds is 7. The number of methoxy groups -OCH3 is 1. The Kier molecular flexibility index (Phi) is 6.08. The van der Waals surface area contributed by atoms with E-state index in [1.807, 2.05) is 25.1 Å². The Bertz CT molecular complexity index is 1050. The molecule has 2 aromatic carbocycles. The first-order valence-electron chi connectivity index (χ1n) is 9.12. The van der Waals surface area contributed by atoms with Gasteiger partial charge < -0.3 is 15.2 Å². The number of primary amides is 1. The normalized spacial score (nSPS) is 11.0. The number of aryl methyl sites for hydroxylation is 1. The van der Waals surface area contributed by atoms with Gasteiger partial charge in [-0.3, -0.25) is 4.79 Å². The van der Waals surface area contributed by atoms with Crippen LogP contribution in [0.15, 0.2) is 30.3 Å². The molecule has 3 aromatic rings. The number of carbonyl (C=O) groups is 1. The Morgan fingerprint density at radius 2 is 1.97 bits per heavy atom. The molecule has 0 bridgehead atoms. The van der Waals surface area contributed by atoms with Crippen molar-refractivity contribution < 1.29 is 14.3 Å². The maximum atomic E-state index is 11.6. The highest BCUT2D eigenvalue weighted by atomic mass is 35.5. The SMILES string of the molecule is COc1ccc(-c2n[nH]nc2C(N)=O)cc1COc1cc(C)c(Cl)cc1C(C)C. The highest BCUT2D eigenvalue weighted by Gasteiger charge is 2.18. The van der Waals surface area contributed by atoms with E-state index < -0.39 is 5.91 Å². The van der Waals surface area contributed by atoms with Crippen molar-refractivity contribution in [3.05, 3.63) is 57.7 Å². The number of aromatic amines is 1. The number of carbonyl (C=O) groups excluding carboxylic acids is 1. The summed E-state index contributed by atoms with van der Waals surface area (Å²) in [6.45, 7) is 6.38. The summed E-state index contributed by atoms with van der Waals surface area (Å²) in [6, 6.07) is 9.32. The van der Waals surface area contributed by atoms with E-state index in [9.17, 15) is 4.79 Å². The number of aromatic nitrogens is 3. The quantitative estimate of drug-likeness (QED) is 0.601. The van der Waals surface area contributed by atoms with Crippen LogP contribution >= 0.6 is 11.6 Å². The number of nitrogens with two attached hydrogens (primary N) is 1. The van der Waals surface area contributed by atoms with Gasteiger partial charge in [0, 0.05) is 16.1 Å². The number of nitrogens with zero attached hydrogens (tertiary/aromatic N) is 2. The predicted octanol–water partition coefficient (Wildman–Crippen LogP) is 4.24. The molecule has 0 fully saturated rings. The molecule has 0 saturated carbocycles. The molecule has 1 aromatic heterocycles. The van der Waals surface area contributed by atoms with Gasteiger partial charge in [-0.25, -0.2) is 0 Å². The zero-order chi connectivity index (χ0) is 21.1. The van der Waals surface area contributed by atoms with Crippen LogP contribution in [0.1, 0.15) is 46.9 Å². The third-order valence-corrected chi connectivity index (χ3v) is 5.04. The van der Waals surface area contributed by atoms with Crippen molar-refractivity contribution in [1.29, 1.82) is 0 Å². The van der Waals surface area contributed by atoms with Crippen molar-refractivity contribution in [2.45, 2.75) is 33.3 Å². The summed E-state index contributed by atoms with van der Waals surface area (Å²) >= 11 is 6.28. The van der Waals surface area contributed by atoms with Crippen LogP contribution in [0.25, 0.3) is 11.3 Å². The van der Waals surface area contributed by atoms with E-state index in [-0.39, 0.29) is 18.2 Å². The Balaban J connectivity index is 1.94. The van der Waals surface area contributed by atoms with Gasteiger partial charge >= 0.3 is 0 Å². The highest BCUT2D eigenvalue weighted by molar-refractivity contribution is 6.31. The average Bonchev–Trinajstić information content (AvgIpc) is 3.18. The molecule has 1 heterocycles. The molecule has 0 aliphatic carbocycles. The number of amides is 1. The molecule has 0 saturated heterocycles. The van der Waals surface area contributed by atoms with Gasteiger partial charge in [0.2, 0.25) is 0 Å². The topological polar surface area (TPSA) is 103 Å². The zero-order valence-electron chi connectivity index (χ0n) is 16.7. The van der Waals surface area contributed by atoms with Gasteiger partial charge in [-0.1, -0.05) is 25.4 Å². The minimum absolute atomic E-state index is 0.0810. The Morgan fingerprint density at radius 3 is 2.62 bits per heavy atom. The maximum absolute atomic E-state index is 11.6. The van der Waals surface area contributed by atoms with E-state index in [1.165, 1.54) is 0 Å². The van der Waals surface area contributed by atoms with E-state index in [1.54, 1.807) is 19.2 Å². The van der Waals surface area contributed by atoms with E-state index in [0.29, 0.717) is 22.0 Å². The minimum atomic E-state index is -0.652. The number of hydrogen-bond acceptors (Lipinski definition) is 5. The van der Waals surface area contributed by atoms with Crippen LogP contribution in [-0.4, -0.2) is 28.4 Å². The second-order valence-corrected chi connectivity index (χ2v) is 7.40. The maximum Gasteiger partial charge on any atom is 0.271 e. The van der Waals surface area contributed by atoms with Gasteiger partial charge in [-0.2, -0.15) is 15.4 Å². The largest absolute Gasteiger partial charge is 0.496 e. The summed E-state index contributed by atoms with van der Waals surface area (Å²) in [7, 11) is 1.59. The summed E-state index contributed by atoms with van der Waals surface area (Å²) in [5.41, 5.74) is 9.29. The molecule has 3 rings (SSSR count). The Hall–Kier alpha value is -3.06. The van der Waals surface area contributed by atoms with Crippen molar-refractivity contribution in [2.24, 2.45) is 5.73 Å². The van der Waals surface area contributed by atoms with Crippen LogP contribution < -0.4 is 15.2 Å². The second-order valence-electron chi connectivity index (χ2n) is 6.99. The first-order valence-corrected chi connectivity index (χ1v) is 9.50.